The van der Waals surface area contributed by atoms with Crippen LogP contribution in [0.1, 0.15) is 11.1 Å². The fraction of sp³-hybridized carbons (Fsp3) is 0.158. The predicted molar refractivity (Wildman–Crippen MR) is 91.6 cm³/mol. The van der Waals surface area contributed by atoms with Crippen LogP contribution in [0.5, 0.6) is 0 Å². The highest BCUT2D eigenvalue weighted by Crippen LogP contribution is 2.28. The molecule has 0 aliphatic carbocycles. The molecular weight excluding hydrogens is 256 g/mol. The average molecular weight is 276 g/mol. The van der Waals surface area contributed by atoms with Gasteiger partial charge in [-0.25, -0.2) is 0 Å². The molecule has 106 valence electrons. The van der Waals surface area contributed by atoms with E-state index in [1.54, 1.807) is 0 Å². The number of aryl methyl sites for hydroxylation is 1. The van der Waals surface area contributed by atoms with E-state index in [4.69, 9.17) is 5.73 Å². The maximum Gasteiger partial charge on any atom is 0.0448 e. The summed E-state index contributed by atoms with van der Waals surface area (Å²) in [4.78, 5) is 2.29. The van der Waals surface area contributed by atoms with Crippen molar-refractivity contribution in [2.45, 2.75) is 13.5 Å². The normalized spacial score (nSPS) is 10.8. The first kappa shape index (κ1) is 13.5. The number of nitrogen functional groups attached to an aromatic ring is 1. The molecule has 0 atom stereocenters. The fourth-order valence-corrected chi connectivity index (χ4v) is 2.73. The van der Waals surface area contributed by atoms with Crippen molar-refractivity contribution in [3.8, 4) is 0 Å². The van der Waals surface area contributed by atoms with Gasteiger partial charge in [0.2, 0.25) is 0 Å². The van der Waals surface area contributed by atoms with E-state index in [1.807, 2.05) is 12.1 Å². The van der Waals surface area contributed by atoms with Gasteiger partial charge in [-0.05, 0) is 41.6 Å². The Morgan fingerprint density at radius 3 is 2.43 bits per heavy atom. The lowest BCUT2D eigenvalue weighted by Gasteiger charge is -2.22. The Morgan fingerprint density at radius 1 is 0.952 bits per heavy atom. The number of benzene rings is 3. The Balaban J connectivity index is 1.97. The fourth-order valence-electron chi connectivity index (χ4n) is 2.73. The molecule has 2 N–H and O–H groups in total. The molecule has 3 rings (SSSR count). The van der Waals surface area contributed by atoms with Gasteiger partial charge < -0.3 is 10.6 Å². The third kappa shape index (κ3) is 2.84. The van der Waals surface area contributed by atoms with Crippen molar-refractivity contribution in [3.63, 3.8) is 0 Å². The van der Waals surface area contributed by atoms with Crippen molar-refractivity contribution in [1.29, 1.82) is 0 Å². The molecule has 0 aliphatic heterocycles. The quantitative estimate of drug-likeness (QED) is 0.720. The van der Waals surface area contributed by atoms with E-state index in [0.717, 1.165) is 12.2 Å². The monoisotopic (exact) mass is 276 g/mol. The zero-order valence-electron chi connectivity index (χ0n) is 12.5. The van der Waals surface area contributed by atoms with Crippen molar-refractivity contribution in [2.75, 3.05) is 17.7 Å². The van der Waals surface area contributed by atoms with Crippen LogP contribution in [0, 0.1) is 6.92 Å². The molecule has 0 bridgehead atoms. The summed E-state index contributed by atoms with van der Waals surface area (Å²) < 4.78 is 0. The summed E-state index contributed by atoms with van der Waals surface area (Å²) in [6.45, 7) is 3.01. The number of rotatable bonds is 3. The van der Waals surface area contributed by atoms with Gasteiger partial charge in [0.15, 0.2) is 0 Å². The molecule has 0 aromatic heterocycles. The minimum atomic E-state index is 0.808. The average Bonchev–Trinajstić information content (AvgIpc) is 2.48. The summed E-state index contributed by atoms with van der Waals surface area (Å²) in [5, 5.41) is 2.58. The second-order valence-corrected chi connectivity index (χ2v) is 5.60. The number of fused-ring (bicyclic) bond motifs is 1. The van der Waals surface area contributed by atoms with Crippen LogP contribution in [0.4, 0.5) is 11.4 Å². The molecule has 0 heterocycles. The molecule has 0 unspecified atom stereocenters. The van der Waals surface area contributed by atoms with E-state index < -0.39 is 0 Å². The highest BCUT2D eigenvalue weighted by Gasteiger charge is 2.07. The highest BCUT2D eigenvalue weighted by atomic mass is 15.1. The van der Waals surface area contributed by atoms with E-state index in [9.17, 15) is 0 Å². The third-order valence-electron chi connectivity index (χ3n) is 3.80. The Bertz CT molecular complexity index is 760. The van der Waals surface area contributed by atoms with Crippen LogP contribution >= 0.6 is 0 Å². The molecule has 0 saturated heterocycles. The molecule has 0 radical (unpaired) electrons. The van der Waals surface area contributed by atoms with Crippen molar-refractivity contribution >= 4 is 22.1 Å². The number of nitrogens with zero attached hydrogens (tertiary/aromatic N) is 1. The molecule has 0 spiro atoms. The maximum atomic E-state index is 5.75. The summed E-state index contributed by atoms with van der Waals surface area (Å²) >= 11 is 0. The molecule has 0 saturated carbocycles. The Kier molecular flexibility index (Phi) is 3.53. The second kappa shape index (κ2) is 5.49. The van der Waals surface area contributed by atoms with Gasteiger partial charge in [-0.1, -0.05) is 42.5 Å². The molecule has 2 nitrogen and oxygen atoms in total. The Hall–Kier alpha value is -2.48. The zero-order valence-corrected chi connectivity index (χ0v) is 12.5. The first-order chi connectivity index (χ1) is 10.1. The molecule has 0 amide bonds. The first-order valence-electron chi connectivity index (χ1n) is 7.18. The number of anilines is 2. The van der Waals surface area contributed by atoms with Crippen LogP contribution in [-0.4, -0.2) is 7.05 Å². The molecule has 3 aromatic rings. The molecule has 0 aliphatic rings. The van der Waals surface area contributed by atoms with Crippen molar-refractivity contribution in [3.05, 3.63) is 71.8 Å². The standard InChI is InChI=1S/C19H20N2/c1-14-11-16-5-3-4-6-18(16)19(12-14)21(2)13-15-7-9-17(20)10-8-15/h3-12H,13,20H2,1-2H3. The molecule has 3 aromatic carbocycles. The van der Waals surface area contributed by atoms with Crippen LogP contribution in [0.3, 0.4) is 0 Å². The van der Waals surface area contributed by atoms with E-state index >= 15 is 0 Å². The molecular formula is C19H20N2. The van der Waals surface area contributed by atoms with Crippen LogP contribution < -0.4 is 10.6 Å². The van der Waals surface area contributed by atoms with Gasteiger partial charge in [0.1, 0.15) is 0 Å². The molecule has 0 fully saturated rings. The molecule has 21 heavy (non-hydrogen) atoms. The van der Waals surface area contributed by atoms with Crippen LogP contribution in [0.2, 0.25) is 0 Å². The topological polar surface area (TPSA) is 29.3 Å². The predicted octanol–water partition coefficient (Wildman–Crippen LogP) is 4.37. The number of hydrogen-bond donors (Lipinski definition) is 1. The van der Waals surface area contributed by atoms with Gasteiger partial charge in [-0.2, -0.15) is 0 Å². The van der Waals surface area contributed by atoms with Crippen molar-refractivity contribution < 1.29 is 0 Å². The summed E-state index contributed by atoms with van der Waals surface area (Å²) in [6, 6.07) is 21.1. The lowest BCUT2D eigenvalue weighted by Crippen LogP contribution is -2.16. The number of nitrogens with two attached hydrogens (primary N) is 1. The summed E-state index contributed by atoms with van der Waals surface area (Å²) in [7, 11) is 2.14. The van der Waals surface area contributed by atoms with Crippen molar-refractivity contribution in [1.82, 2.24) is 0 Å². The second-order valence-electron chi connectivity index (χ2n) is 5.60. The van der Waals surface area contributed by atoms with Crippen LogP contribution in [-0.2, 0) is 6.54 Å². The summed E-state index contributed by atoms with van der Waals surface area (Å²) in [6.07, 6.45) is 0. The molecule has 2 heteroatoms. The van der Waals surface area contributed by atoms with E-state index in [-0.39, 0.29) is 0 Å². The van der Waals surface area contributed by atoms with E-state index in [1.165, 1.54) is 27.6 Å². The van der Waals surface area contributed by atoms with Crippen molar-refractivity contribution in [2.24, 2.45) is 0 Å². The lowest BCUT2D eigenvalue weighted by molar-refractivity contribution is 0.927. The summed E-state index contributed by atoms with van der Waals surface area (Å²) in [5.41, 5.74) is 10.4. The van der Waals surface area contributed by atoms with Crippen LogP contribution in [0.25, 0.3) is 10.8 Å². The number of hydrogen-bond acceptors (Lipinski definition) is 2. The Morgan fingerprint density at radius 2 is 1.67 bits per heavy atom. The highest BCUT2D eigenvalue weighted by molar-refractivity contribution is 5.94. The van der Waals surface area contributed by atoms with Gasteiger partial charge in [0.05, 0.1) is 0 Å². The lowest BCUT2D eigenvalue weighted by atomic mass is 10.0. The van der Waals surface area contributed by atoms with Gasteiger partial charge in [-0.15, -0.1) is 0 Å². The third-order valence-corrected chi connectivity index (χ3v) is 3.80. The van der Waals surface area contributed by atoms with Gasteiger partial charge in [0, 0.05) is 30.4 Å². The van der Waals surface area contributed by atoms with E-state index in [0.29, 0.717) is 0 Å². The summed E-state index contributed by atoms with van der Waals surface area (Å²) in [5.74, 6) is 0. The zero-order chi connectivity index (χ0) is 14.8. The van der Waals surface area contributed by atoms with Crippen LogP contribution in [0.15, 0.2) is 60.7 Å². The largest absolute Gasteiger partial charge is 0.399 e. The Labute approximate surface area is 125 Å². The van der Waals surface area contributed by atoms with E-state index in [2.05, 4.69) is 67.4 Å². The minimum Gasteiger partial charge on any atom is -0.399 e. The van der Waals surface area contributed by atoms with Gasteiger partial charge in [0.25, 0.3) is 0 Å². The van der Waals surface area contributed by atoms with Gasteiger partial charge >= 0.3 is 0 Å². The first-order valence-corrected chi connectivity index (χ1v) is 7.18. The smallest absolute Gasteiger partial charge is 0.0448 e. The van der Waals surface area contributed by atoms with Gasteiger partial charge in [-0.3, -0.25) is 0 Å². The maximum absolute atomic E-state index is 5.75. The SMILES string of the molecule is Cc1cc(N(C)Cc2ccc(N)cc2)c2ccccc2c1. The minimum absolute atomic E-state index is 0.808.